The maximum Gasteiger partial charge on any atom is 0.329 e. The number of aryl methyl sites for hydroxylation is 1. The van der Waals surface area contributed by atoms with Crippen LogP contribution in [0, 0.1) is 6.92 Å². The highest BCUT2D eigenvalue weighted by atomic mass is 16.4. The molecule has 0 aromatic carbocycles. The number of hydrogen-bond acceptors (Lipinski definition) is 2. The predicted octanol–water partition coefficient (Wildman–Crippen LogP) is 1.01. The molecule has 0 fully saturated rings. The van der Waals surface area contributed by atoms with Crippen molar-refractivity contribution in [3.8, 4) is 0 Å². The number of rotatable bonds is 2. The average molecular weight is 168 g/mol. The van der Waals surface area contributed by atoms with Gasteiger partial charge < -0.3 is 9.67 Å². The molecule has 0 radical (unpaired) electrons. The quantitative estimate of drug-likeness (QED) is 0.717. The second-order valence-corrected chi connectivity index (χ2v) is 3.29. The van der Waals surface area contributed by atoms with Gasteiger partial charge in [-0.15, -0.1) is 0 Å². The number of carboxylic acids is 1. The van der Waals surface area contributed by atoms with Gasteiger partial charge in [0.1, 0.15) is 5.54 Å². The molecule has 66 valence electrons. The summed E-state index contributed by atoms with van der Waals surface area (Å²) in [4.78, 5) is 14.7. The van der Waals surface area contributed by atoms with Gasteiger partial charge in [-0.3, -0.25) is 0 Å². The third-order valence-corrected chi connectivity index (χ3v) is 1.88. The number of imidazole rings is 1. The van der Waals surface area contributed by atoms with Crippen LogP contribution in [0.5, 0.6) is 0 Å². The summed E-state index contributed by atoms with van der Waals surface area (Å²) < 4.78 is 1.59. The predicted molar refractivity (Wildman–Crippen MR) is 43.9 cm³/mol. The molecule has 0 aliphatic carbocycles. The zero-order chi connectivity index (χ0) is 9.35. The monoisotopic (exact) mass is 168 g/mol. The topological polar surface area (TPSA) is 55.1 Å². The molecule has 0 atom stereocenters. The Kier molecular flexibility index (Phi) is 1.92. The molecule has 1 N–H and O–H groups in total. The number of hydrogen-bond donors (Lipinski definition) is 1. The fraction of sp³-hybridized carbons (Fsp3) is 0.500. The summed E-state index contributed by atoms with van der Waals surface area (Å²) in [5.41, 5.74) is -0.0920. The summed E-state index contributed by atoms with van der Waals surface area (Å²) in [6.07, 6.45) is 3.25. The van der Waals surface area contributed by atoms with Crippen LogP contribution < -0.4 is 0 Å². The van der Waals surface area contributed by atoms with E-state index in [1.807, 2.05) is 6.92 Å². The largest absolute Gasteiger partial charge is 0.480 e. The highest BCUT2D eigenvalue weighted by Gasteiger charge is 2.28. The van der Waals surface area contributed by atoms with E-state index in [1.54, 1.807) is 24.6 Å². The van der Waals surface area contributed by atoms with Crippen molar-refractivity contribution in [1.82, 2.24) is 9.55 Å². The van der Waals surface area contributed by atoms with Gasteiger partial charge in [-0.25, -0.2) is 9.78 Å². The Morgan fingerprint density at radius 1 is 1.67 bits per heavy atom. The summed E-state index contributed by atoms with van der Waals surface area (Å²) in [7, 11) is 0. The molecule has 4 heteroatoms. The van der Waals surface area contributed by atoms with Crippen molar-refractivity contribution >= 4 is 5.97 Å². The van der Waals surface area contributed by atoms with Crippen LogP contribution in [-0.4, -0.2) is 20.6 Å². The van der Waals surface area contributed by atoms with Gasteiger partial charge in [-0.1, -0.05) is 0 Å². The van der Waals surface area contributed by atoms with Gasteiger partial charge in [-0.05, 0) is 20.8 Å². The highest BCUT2D eigenvalue weighted by molar-refractivity contribution is 5.75. The smallest absolute Gasteiger partial charge is 0.329 e. The molecule has 4 nitrogen and oxygen atoms in total. The fourth-order valence-electron chi connectivity index (χ4n) is 0.837. The maximum atomic E-state index is 10.8. The Morgan fingerprint density at radius 2 is 2.25 bits per heavy atom. The first-order valence-electron chi connectivity index (χ1n) is 3.69. The van der Waals surface area contributed by atoms with E-state index in [0.717, 1.165) is 5.69 Å². The van der Waals surface area contributed by atoms with Crippen molar-refractivity contribution in [3.63, 3.8) is 0 Å². The van der Waals surface area contributed by atoms with Crippen molar-refractivity contribution in [2.45, 2.75) is 26.3 Å². The second kappa shape index (κ2) is 2.62. The summed E-state index contributed by atoms with van der Waals surface area (Å²) >= 11 is 0. The van der Waals surface area contributed by atoms with Crippen LogP contribution in [0.15, 0.2) is 12.5 Å². The average Bonchev–Trinajstić information content (AvgIpc) is 2.35. The zero-order valence-electron chi connectivity index (χ0n) is 7.40. The van der Waals surface area contributed by atoms with Gasteiger partial charge >= 0.3 is 5.97 Å². The molecule has 12 heavy (non-hydrogen) atoms. The first-order chi connectivity index (χ1) is 5.44. The Balaban J connectivity index is 3.05. The molecule has 0 aliphatic heterocycles. The van der Waals surface area contributed by atoms with Gasteiger partial charge in [0, 0.05) is 6.20 Å². The molecule has 0 spiro atoms. The lowest BCUT2D eigenvalue weighted by molar-refractivity contribution is -0.145. The van der Waals surface area contributed by atoms with E-state index >= 15 is 0 Å². The molecule has 0 amide bonds. The van der Waals surface area contributed by atoms with Crippen LogP contribution in [0.4, 0.5) is 0 Å². The molecule has 1 heterocycles. The van der Waals surface area contributed by atoms with E-state index in [-0.39, 0.29) is 0 Å². The summed E-state index contributed by atoms with van der Waals surface area (Å²) in [6, 6.07) is 0. The van der Waals surface area contributed by atoms with Crippen molar-refractivity contribution in [3.05, 3.63) is 18.2 Å². The molecule has 0 bridgehead atoms. The lowest BCUT2D eigenvalue weighted by Crippen LogP contribution is -2.34. The standard InChI is InChI=1S/C8H12N2O2/c1-6-4-10(5-9-6)8(2,3)7(11)12/h4-5H,1-3H3,(H,11,12). The van der Waals surface area contributed by atoms with E-state index < -0.39 is 11.5 Å². The molecule has 0 unspecified atom stereocenters. The third-order valence-electron chi connectivity index (χ3n) is 1.88. The van der Waals surface area contributed by atoms with E-state index in [1.165, 1.54) is 6.33 Å². The van der Waals surface area contributed by atoms with Gasteiger partial charge in [-0.2, -0.15) is 0 Å². The molecule has 0 saturated carbocycles. The number of carbonyl (C=O) groups is 1. The lowest BCUT2D eigenvalue weighted by atomic mass is 10.1. The Morgan fingerprint density at radius 3 is 2.58 bits per heavy atom. The lowest BCUT2D eigenvalue weighted by Gasteiger charge is -2.20. The minimum absolute atomic E-state index is 0.823. The van der Waals surface area contributed by atoms with Crippen molar-refractivity contribution in [2.24, 2.45) is 0 Å². The normalized spacial score (nSPS) is 11.6. The molecule has 0 saturated heterocycles. The van der Waals surface area contributed by atoms with Gasteiger partial charge in [0.15, 0.2) is 0 Å². The number of nitrogens with zero attached hydrogens (tertiary/aromatic N) is 2. The summed E-state index contributed by atoms with van der Waals surface area (Å²) in [5, 5.41) is 8.86. The minimum Gasteiger partial charge on any atom is -0.480 e. The van der Waals surface area contributed by atoms with Crippen LogP contribution in [-0.2, 0) is 10.3 Å². The fourth-order valence-corrected chi connectivity index (χ4v) is 0.837. The Bertz CT molecular complexity index is 302. The zero-order valence-corrected chi connectivity index (χ0v) is 7.40. The maximum absolute atomic E-state index is 10.8. The van der Waals surface area contributed by atoms with Crippen LogP contribution in [0.25, 0.3) is 0 Å². The summed E-state index contributed by atoms with van der Waals surface area (Å²) in [6.45, 7) is 5.10. The molecule has 0 aliphatic rings. The third kappa shape index (κ3) is 1.32. The SMILES string of the molecule is Cc1cn(C(C)(C)C(=O)O)cn1. The van der Waals surface area contributed by atoms with E-state index in [2.05, 4.69) is 4.98 Å². The highest BCUT2D eigenvalue weighted by Crippen LogP contribution is 2.14. The van der Waals surface area contributed by atoms with Crippen molar-refractivity contribution in [2.75, 3.05) is 0 Å². The number of carboxylic acid groups (broad SMARTS) is 1. The van der Waals surface area contributed by atoms with E-state index in [0.29, 0.717) is 0 Å². The van der Waals surface area contributed by atoms with E-state index in [4.69, 9.17) is 5.11 Å². The van der Waals surface area contributed by atoms with Gasteiger partial charge in [0.2, 0.25) is 0 Å². The van der Waals surface area contributed by atoms with Gasteiger partial charge in [0.05, 0.1) is 12.0 Å². The molecular formula is C8H12N2O2. The molecule has 1 rings (SSSR count). The summed E-state index contributed by atoms with van der Waals surface area (Å²) in [5.74, 6) is -0.861. The first-order valence-corrected chi connectivity index (χ1v) is 3.69. The minimum atomic E-state index is -0.915. The Hall–Kier alpha value is -1.32. The van der Waals surface area contributed by atoms with Crippen LogP contribution in [0.1, 0.15) is 19.5 Å². The van der Waals surface area contributed by atoms with Gasteiger partial charge in [0.25, 0.3) is 0 Å². The molecular weight excluding hydrogens is 156 g/mol. The van der Waals surface area contributed by atoms with Crippen LogP contribution in [0.2, 0.25) is 0 Å². The van der Waals surface area contributed by atoms with E-state index in [9.17, 15) is 4.79 Å². The molecule has 1 aromatic rings. The van der Waals surface area contributed by atoms with Crippen LogP contribution >= 0.6 is 0 Å². The second-order valence-electron chi connectivity index (χ2n) is 3.29. The van der Waals surface area contributed by atoms with Crippen LogP contribution in [0.3, 0.4) is 0 Å². The van der Waals surface area contributed by atoms with Crippen molar-refractivity contribution < 1.29 is 9.90 Å². The number of aromatic nitrogens is 2. The molecule has 1 aromatic heterocycles. The Labute approximate surface area is 70.9 Å². The first kappa shape index (κ1) is 8.77. The van der Waals surface area contributed by atoms with Crippen molar-refractivity contribution in [1.29, 1.82) is 0 Å². The number of aliphatic carboxylic acids is 1.